The van der Waals surface area contributed by atoms with E-state index in [-0.39, 0.29) is 0 Å². The first-order valence-electron chi connectivity index (χ1n) is 10.1. The molecule has 3 rings (SSSR count). The summed E-state index contributed by atoms with van der Waals surface area (Å²) in [5, 5.41) is 3.71. The number of thiocarbonyl (C=S) groups is 1. The minimum atomic E-state index is -0.464. The van der Waals surface area contributed by atoms with Gasteiger partial charge in [-0.15, -0.1) is 0 Å². The van der Waals surface area contributed by atoms with Gasteiger partial charge in [0.1, 0.15) is 17.2 Å². The van der Waals surface area contributed by atoms with Crippen LogP contribution in [0.4, 0.5) is 11.4 Å². The zero-order valence-corrected chi connectivity index (χ0v) is 19.7. The summed E-state index contributed by atoms with van der Waals surface area (Å²) in [5.74, 6) is 1.40. The average molecular weight is 461 g/mol. The molecule has 2 aromatic rings. The molecule has 0 bridgehead atoms. The molecular formula is C22H28N4O5S. The second-order valence-electron chi connectivity index (χ2n) is 7.14. The summed E-state index contributed by atoms with van der Waals surface area (Å²) in [4.78, 5) is 20.7. The largest absolute Gasteiger partial charge is 0.497 e. The van der Waals surface area contributed by atoms with Gasteiger partial charge in [0.15, 0.2) is 5.11 Å². The van der Waals surface area contributed by atoms with Gasteiger partial charge in [-0.3, -0.25) is 0 Å². The lowest BCUT2D eigenvalue weighted by Gasteiger charge is -2.37. The first-order valence-corrected chi connectivity index (χ1v) is 10.5. The lowest BCUT2D eigenvalue weighted by Crippen LogP contribution is -2.50. The Kier molecular flexibility index (Phi) is 7.57. The number of benzene rings is 1. The van der Waals surface area contributed by atoms with Crippen LogP contribution in [-0.2, 0) is 4.74 Å². The molecule has 9 nitrogen and oxygen atoms in total. The van der Waals surface area contributed by atoms with Gasteiger partial charge >= 0.3 is 5.97 Å². The number of piperazine rings is 1. The number of rotatable bonds is 6. The number of methoxy groups -OCH3 is 4. The van der Waals surface area contributed by atoms with Crippen LogP contribution in [0.2, 0.25) is 0 Å². The number of hydrogen-bond acceptors (Lipinski definition) is 8. The summed E-state index contributed by atoms with van der Waals surface area (Å²) in [6, 6.07) is 7.49. The maximum Gasteiger partial charge on any atom is 0.339 e. The van der Waals surface area contributed by atoms with Gasteiger partial charge in [-0.1, -0.05) is 0 Å². The van der Waals surface area contributed by atoms with Crippen LogP contribution in [0.15, 0.2) is 24.3 Å². The Morgan fingerprint density at radius 3 is 2.12 bits per heavy atom. The first-order chi connectivity index (χ1) is 15.4. The predicted molar refractivity (Wildman–Crippen MR) is 126 cm³/mol. The van der Waals surface area contributed by atoms with E-state index in [1.807, 2.05) is 18.2 Å². The molecule has 0 atom stereocenters. The highest BCUT2D eigenvalue weighted by molar-refractivity contribution is 7.80. The number of aromatic nitrogens is 1. The highest BCUT2D eigenvalue weighted by Crippen LogP contribution is 2.30. The maximum atomic E-state index is 12.0. The molecule has 1 saturated heterocycles. The SMILES string of the molecule is COC(=O)c1cc(NC(=S)N2CCN(c3cc(OC)cc(OC)c3)CC2)c(OC)nc1C. The highest BCUT2D eigenvalue weighted by Gasteiger charge is 2.22. The first kappa shape index (κ1) is 23.4. The van der Waals surface area contributed by atoms with E-state index in [1.165, 1.54) is 14.2 Å². The van der Waals surface area contributed by atoms with E-state index >= 15 is 0 Å². The Labute approximate surface area is 193 Å². The summed E-state index contributed by atoms with van der Waals surface area (Å²) in [5.41, 5.74) is 2.43. The summed E-state index contributed by atoms with van der Waals surface area (Å²) in [6.07, 6.45) is 0. The predicted octanol–water partition coefficient (Wildman–Crippen LogP) is 2.72. The van der Waals surface area contributed by atoms with Crippen molar-refractivity contribution in [3.05, 3.63) is 35.5 Å². The summed E-state index contributed by atoms with van der Waals surface area (Å²) in [6.45, 7) is 4.71. The minimum absolute atomic E-state index is 0.357. The second-order valence-corrected chi connectivity index (χ2v) is 7.53. The van der Waals surface area contributed by atoms with Crippen LogP contribution in [0, 0.1) is 6.92 Å². The number of nitrogens with one attached hydrogen (secondary N) is 1. The normalized spacial score (nSPS) is 13.4. The smallest absolute Gasteiger partial charge is 0.339 e. The van der Waals surface area contributed by atoms with Crippen LogP contribution in [0.5, 0.6) is 17.4 Å². The number of pyridine rings is 1. The highest BCUT2D eigenvalue weighted by atomic mass is 32.1. The number of aryl methyl sites for hydroxylation is 1. The summed E-state index contributed by atoms with van der Waals surface area (Å²) < 4.78 is 21.0. The Morgan fingerprint density at radius 2 is 1.59 bits per heavy atom. The third-order valence-electron chi connectivity index (χ3n) is 5.29. The molecule has 0 unspecified atom stereocenters. The molecule has 0 spiro atoms. The molecule has 2 heterocycles. The molecule has 0 aliphatic carbocycles. The van der Waals surface area contributed by atoms with E-state index in [2.05, 4.69) is 20.1 Å². The van der Waals surface area contributed by atoms with Crippen molar-refractivity contribution in [2.24, 2.45) is 0 Å². The zero-order valence-electron chi connectivity index (χ0n) is 18.9. The van der Waals surface area contributed by atoms with E-state index < -0.39 is 5.97 Å². The van der Waals surface area contributed by atoms with Crippen molar-refractivity contribution in [3.63, 3.8) is 0 Å². The zero-order chi connectivity index (χ0) is 23.3. The Morgan fingerprint density at radius 1 is 0.969 bits per heavy atom. The van der Waals surface area contributed by atoms with Gasteiger partial charge in [-0.2, -0.15) is 0 Å². The van der Waals surface area contributed by atoms with Gasteiger partial charge in [0.25, 0.3) is 0 Å². The fourth-order valence-corrected chi connectivity index (χ4v) is 3.77. The standard InChI is InChI=1S/C22H28N4O5S/c1-14-18(21(27)31-5)13-19(20(23-14)30-4)24-22(32)26-8-6-25(7-9-26)15-10-16(28-2)12-17(11-15)29-3/h10-13H,6-9H2,1-5H3,(H,24,32). The molecule has 32 heavy (non-hydrogen) atoms. The fourth-order valence-electron chi connectivity index (χ4n) is 3.48. The van der Waals surface area contributed by atoms with Gasteiger partial charge in [-0.25, -0.2) is 9.78 Å². The van der Waals surface area contributed by atoms with Crippen LogP contribution in [0.3, 0.4) is 0 Å². The van der Waals surface area contributed by atoms with E-state index in [0.29, 0.717) is 27.9 Å². The summed E-state index contributed by atoms with van der Waals surface area (Å²) >= 11 is 5.62. The molecule has 1 aromatic heterocycles. The molecule has 1 aliphatic heterocycles. The van der Waals surface area contributed by atoms with E-state index in [4.69, 9.17) is 31.2 Å². The van der Waals surface area contributed by atoms with E-state index in [9.17, 15) is 4.79 Å². The molecular weight excluding hydrogens is 432 g/mol. The second kappa shape index (κ2) is 10.4. The van der Waals surface area contributed by atoms with Gasteiger partial charge in [0.05, 0.1) is 39.7 Å². The van der Waals surface area contributed by atoms with Gasteiger partial charge in [0, 0.05) is 50.1 Å². The van der Waals surface area contributed by atoms with Crippen LogP contribution < -0.4 is 24.4 Å². The maximum absolute atomic E-state index is 12.0. The lowest BCUT2D eigenvalue weighted by molar-refractivity contribution is 0.0599. The van der Waals surface area contributed by atoms with Crippen LogP contribution in [-0.4, -0.2) is 75.6 Å². The Bertz CT molecular complexity index is 970. The molecule has 1 N–H and O–H groups in total. The van der Waals surface area contributed by atoms with Crippen LogP contribution in [0.25, 0.3) is 0 Å². The van der Waals surface area contributed by atoms with Crippen molar-refractivity contribution in [3.8, 4) is 17.4 Å². The quantitative estimate of drug-likeness (QED) is 0.513. The van der Waals surface area contributed by atoms with Crippen molar-refractivity contribution in [1.29, 1.82) is 0 Å². The van der Waals surface area contributed by atoms with E-state index in [0.717, 1.165) is 43.4 Å². The van der Waals surface area contributed by atoms with Crippen LogP contribution in [0.1, 0.15) is 16.1 Å². The van der Waals surface area contributed by atoms with Crippen molar-refractivity contribution in [1.82, 2.24) is 9.88 Å². The molecule has 1 aliphatic rings. The monoisotopic (exact) mass is 460 g/mol. The number of anilines is 2. The number of carbonyl (C=O) groups excluding carboxylic acids is 1. The van der Waals surface area contributed by atoms with Gasteiger partial charge in [-0.05, 0) is 25.2 Å². The van der Waals surface area contributed by atoms with Crippen molar-refractivity contribution < 1.29 is 23.7 Å². The lowest BCUT2D eigenvalue weighted by atomic mass is 10.2. The average Bonchev–Trinajstić information content (AvgIpc) is 2.83. The molecule has 0 amide bonds. The molecule has 172 valence electrons. The minimum Gasteiger partial charge on any atom is -0.497 e. The topological polar surface area (TPSA) is 85.4 Å². The van der Waals surface area contributed by atoms with Crippen molar-refractivity contribution in [2.75, 3.05) is 64.8 Å². The number of esters is 1. The number of nitrogens with zero attached hydrogens (tertiary/aromatic N) is 3. The fraction of sp³-hybridized carbons (Fsp3) is 0.409. The molecule has 0 radical (unpaired) electrons. The van der Waals surface area contributed by atoms with Crippen LogP contribution >= 0.6 is 12.2 Å². The Hall–Kier alpha value is -3.27. The molecule has 1 fully saturated rings. The van der Waals surface area contributed by atoms with Crippen molar-refractivity contribution in [2.45, 2.75) is 6.92 Å². The number of ether oxygens (including phenoxy) is 4. The molecule has 0 saturated carbocycles. The number of carbonyl (C=O) groups is 1. The number of hydrogen-bond donors (Lipinski definition) is 1. The van der Waals surface area contributed by atoms with E-state index in [1.54, 1.807) is 27.2 Å². The van der Waals surface area contributed by atoms with Gasteiger partial charge in [0.2, 0.25) is 5.88 Å². The molecule has 1 aromatic carbocycles. The third kappa shape index (κ3) is 5.13. The van der Waals surface area contributed by atoms with Crippen molar-refractivity contribution >= 4 is 34.7 Å². The van der Waals surface area contributed by atoms with Gasteiger partial charge < -0.3 is 34.1 Å². The Balaban J connectivity index is 1.69. The summed E-state index contributed by atoms with van der Waals surface area (Å²) in [7, 11) is 6.14. The third-order valence-corrected chi connectivity index (χ3v) is 5.65. The molecule has 10 heteroatoms.